The van der Waals surface area contributed by atoms with Crippen molar-refractivity contribution in [2.45, 2.75) is 24.9 Å². The molecule has 2 aromatic heterocycles. The van der Waals surface area contributed by atoms with Crippen LogP contribution in [0.3, 0.4) is 0 Å². The van der Waals surface area contributed by atoms with Crippen LogP contribution in [-0.2, 0) is 0 Å². The molecule has 27 heavy (non-hydrogen) atoms. The lowest BCUT2D eigenvalue weighted by Crippen LogP contribution is -2.22. The number of hydrogen-bond acceptors (Lipinski definition) is 6. The molecule has 1 atom stereocenters. The second kappa shape index (κ2) is 6.46. The van der Waals surface area contributed by atoms with E-state index in [1.165, 1.54) is 18.4 Å². The highest BCUT2D eigenvalue weighted by molar-refractivity contribution is 5.43. The maximum atomic E-state index is 6.03. The van der Waals surface area contributed by atoms with Gasteiger partial charge in [0, 0.05) is 6.07 Å². The summed E-state index contributed by atoms with van der Waals surface area (Å²) in [6.45, 7) is 0.435. The molecule has 1 aromatic carbocycles. The van der Waals surface area contributed by atoms with Crippen molar-refractivity contribution in [3.05, 3.63) is 66.0 Å². The monoisotopic (exact) mass is 361 g/mol. The van der Waals surface area contributed by atoms with E-state index in [0.29, 0.717) is 35.6 Å². The van der Waals surface area contributed by atoms with Crippen molar-refractivity contribution >= 4 is 5.82 Å². The Bertz CT molecular complexity index is 953. The summed E-state index contributed by atoms with van der Waals surface area (Å²) in [7, 11) is 0. The topological polar surface area (TPSA) is 79.5 Å². The van der Waals surface area contributed by atoms with Crippen molar-refractivity contribution in [2.24, 2.45) is 0 Å². The Morgan fingerprint density at radius 1 is 0.926 bits per heavy atom. The number of benzene rings is 1. The molecule has 136 valence electrons. The number of hydrogen-bond donors (Lipinski definition) is 1. The van der Waals surface area contributed by atoms with Crippen molar-refractivity contribution in [1.82, 2.24) is 9.97 Å². The predicted molar refractivity (Wildman–Crippen MR) is 100 cm³/mol. The van der Waals surface area contributed by atoms with Gasteiger partial charge >= 0.3 is 0 Å². The maximum absolute atomic E-state index is 6.03. The van der Waals surface area contributed by atoms with Crippen molar-refractivity contribution < 1.29 is 14.2 Å². The van der Waals surface area contributed by atoms with Gasteiger partial charge in [0.1, 0.15) is 23.9 Å². The van der Waals surface area contributed by atoms with Crippen molar-refractivity contribution in [2.75, 3.05) is 12.3 Å². The van der Waals surface area contributed by atoms with Gasteiger partial charge in [-0.2, -0.15) is 0 Å². The number of nitrogen functional groups attached to an aromatic ring is 1. The van der Waals surface area contributed by atoms with Gasteiger partial charge in [-0.05, 0) is 42.0 Å². The standard InChI is InChI=1S/C21H19N3O3/c22-20-8-7-16(10-23-20)26-17-9-18-21(24-11-17)27-19(12-25-18)15-5-3-14(4-6-15)13-1-2-13/h3-11,13,19H,1-2,12H2,(H2,22,23). The second-order valence-corrected chi connectivity index (χ2v) is 6.85. The molecule has 1 unspecified atom stereocenters. The number of nitrogens with zero attached hydrogens (tertiary/aromatic N) is 2. The summed E-state index contributed by atoms with van der Waals surface area (Å²) in [5, 5.41) is 0. The molecule has 5 rings (SSSR count). The van der Waals surface area contributed by atoms with E-state index in [0.717, 1.165) is 11.5 Å². The molecular formula is C21H19N3O3. The van der Waals surface area contributed by atoms with Crippen LogP contribution in [-0.4, -0.2) is 16.6 Å². The van der Waals surface area contributed by atoms with Crippen LogP contribution in [0, 0.1) is 0 Å². The largest absolute Gasteiger partial charge is 0.484 e. The molecule has 0 amide bonds. The highest BCUT2D eigenvalue weighted by atomic mass is 16.6. The first-order valence-corrected chi connectivity index (χ1v) is 9.03. The number of aromatic nitrogens is 2. The molecule has 1 aliphatic heterocycles. The molecule has 6 nitrogen and oxygen atoms in total. The van der Waals surface area contributed by atoms with Gasteiger partial charge in [0.05, 0.1) is 12.4 Å². The maximum Gasteiger partial charge on any atom is 0.258 e. The summed E-state index contributed by atoms with van der Waals surface area (Å²) in [4.78, 5) is 8.35. The molecule has 3 heterocycles. The molecule has 6 heteroatoms. The van der Waals surface area contributed by atoms with Crippen molar-refractivity contribution in [1.29, 1.82) is 0 Å². The highest BCUT2D eigenvalue weighted by Gasteiger charge is 2.26. The molecule has 0 radical (unpaired) electrons. The molecule has 1 aliphatic carbocycles. The molecule has 1 saturated carbocycles. The zero-order valence-corrected chi connectivity index (χ0v) is 14.7. The number of anilines is 1. The Balaban J connectivity index is 1.30. The van der Waals surface area contributed by atoms with Gasteiger partial charge in [0.2, 0.25) is 0 Å². The average molecular weight is 361 g/mol. The van der Waals surface area contributed by atoms with Gasteiger partial charge in [-0.1, -0.05) is 24.3 Å². The summed E-state index contributed by atoms with van der Waals surface area (Å²) in [5.74, 6) is 3.37. The van der Waals surface area contributed by atoms with E-state index in [2.05, 4.69) is 34.2 Å². The third kappa shape index (κ3) is 3.38. The Hall–Kier alpha value is -3.28. The molecule has 3 aromatic rings. The SMILES string of the molecule is Nc1ccc(Oc2cnc3c(c2)OCC(c2ccc(C4CC4)cc2)O3)cn1. The van der Waals surface area contributed by atoms with Gasteiger partial charge in [0.15, 0.2) is 11.9 Å². The van der Waals surface area contributed by atoms with E-state index >= 15 is 0 Å². The van der Waals surface area contributed by atoms with E-state index in [4.69, 9.17) is 19.9 Å². The van der Waals surface area contributed by atoms with E-state index < -0.39 is 0 Å². The first-order valence-electron chi connectivity index (χ1n) is 9.03. The Morgan fingerprint density at radius 3 is 2.44 bits per heavy atom. The number of pyridine rings is 2. The number of nitrogens with two attached hydrogens (primary N) is 1. The fourth-order valence-electron chi connectivity index (χ4n) is 3.15. The Kier molecular flexibility index (Phi) is 3.81. The van der Waals surface area contributed by atoms with Crippen molar-refractivity contribution in [3.8, 4) is 23.1 Å². The second-order valence-electron chi connectivity index (χ2n) is 6.85. The summed E-state index contributed by atoms with van der Waals surface area (Å²) in [6.07, 6.45) is 5.61. The predicted octanol–water partition coefficient (Wildman–Crippen LogP) is 4.24. The normalized spacial score (nSPS) is 18.1. The van der Waals surface area contributed by atoms with Gasteiger partial charge in [-0.25, -0.2) is 9.97 Å². The number of rotatable bonds is 4. The smallest absolute Gasteiger partial charge is 0.258 e. The molecule has 0 spiro atoms. The number of fused-ring (bicyclic) bond motifs is 1. The first-order chi connectivity index (χ1) is 13.2. The van der Waals surface area contributed by atoms with Crippen LogP contribution in [0.5, 0.6) is 23.1 Å². The molecule has 2 N–H and O–H groups in total. The van der Waals surface area contributed by atoms with E-state index in [9.17, 15) is 0 Å². The Labute approximate surface area is 156 Å². The van der Waals surface area contributed by atoms with Gasteiger partial charge in [0.25, 0.3) is 5.88 Å². The lowest BCUT2D eigenvalue weighted by Gasteiger charge is -2.26. The third-order valence-corrected chi connectivity index (χ3v) is 4.79. The Morgan fingerprint density at radius 2 is 1.70 bits per heavy atom. The molecule has 0 bridgehead atoms. The minimum absolute atomic E-state index is 0.161. The number of ether oxygens (including phenoxy) is 3. The first kappa shape index (κ1) is 15.9. The lowest BCUT2D eigenvalue weighted by molar-refractivity contribution is 0.0847. The summed E-state index contributed by atoms with van der Waals surface area (Å²) >= 11 is 0. The molecule has 0 saturated heterocycles. The van der Waals surface area contributed by atoms with Crippen molar-refractivity contribution in [3.63, 3.8) is 0 Å². The summed E-state index contributed by atoms with van der Waals surface area (Å²) in [5.41, 5.74) is 8.09. The van der Waals surface area contributed by atoms with Crippen LogP contribution in [0.1, 0.15) is 36.0 Å². The van der Waals surface area contributed by atoms with Crippen LogP contribution in [0.25, 0.3) is 0 Å². The third-order valence-electron chi connectivity index (χ3n) is 4.79. The fraction of sp³-hybridized carbons (Fsp3) is 0.238. The van der Waals surface area contributed by atoms with E-state index in [1.54, 1.807) is 30.6 Å². The van der Waals surface area contributed by atoms with Gasteiger partial charge in [-0.15, -0.1) is 0 Å². The van der Waals surface area contributed by atoms with Crippen LogP contribution in [0.15, 0.2) is 54.9 Å². The zero-order chi connectivity index (χ0) is 18.2. The quantitative estimate of drug-likeness (QED) is 0.749. The average Bonchev–Trinajstić information content (AvgIpc) is 3.55. The van der Waals surface area contributed by atoms with Crippen LogP contribution >= 0.6 is 0 Å². The highest BCUT2D eigenvalue weighted by Crippen LogP contribution is 2.41. The summed E-state index contributed by atoms with van der Waals surface area (Å²) in [6, 6.07) is 13.8. The van der Waals surface area contributed by atoms with Crippen LogP contribution < -0.4 is 19.9 Å². The van der Waals surface area contributed by atoms with E-state index in [-0.39, 0.29) is 6.10 Å². The van der Waals surface area contributed by atoms with E-state index in [1.807, 2.05) is 0 Å². The lowest BCUT2D eigenvalue weighted by atomic mass is 10.0. The summed E-state index contributed by atoms with van der Waals surface area (Å²) < 4.78 is 17.6. The molecule has 1 fully saturated rings. The molecular weight excluding hydrogens is 342 g/mol. The van der Waals surface area contributed by atoms with Gasteiger partial charge < -0.3 is 19.9 Å². The minimum Gasteiger partial charge on any atom is -0.484 e. The van der Waals surface area contributed by atoms with Gasteiger partial charge in [-0.3, -0.25) is 0 Å². The fourth-order valence-corrected chi connectivity index (χ4v) is 3.15. The molecule has 2 aliphatic rings. The zero-order valence-electron chi connectivity index (χ0n) is 14.7. The van der Waals surface area contributed by atoms with Crippen LogP contribution in [0.2, 0.25) is 0 Å². The van der Waals surface area contributed by atoms with Crippen LogP contribution in [0.4, 0.5) is 5.82 Å². The minimum atomic E-state index is -0.161.